The monoisotopic (exact) mass is 419 g/mol. The highest BCUT2D eigenvalue weighted by Gasteiger charge is 2.14. The first-order valence-electron chi connectivity index (χ1n) is 10.3. The van der Waals surface area contributed by atoms with E-state index in [1.165, 1.54) is 22.3 Å². The molecule has 31 heavy (non-hydrogen) atoms. The Morgan fingerprint density at radius 3 is 2.23 bits per heavy atom. The van der Waals surface area contributed by atoms with Crippen molar-refractivity contribution in [2.45, 2.75) is 26.3 Å². The zero-order chi connectivity index (χ0) is 22.2. The van der Waals surface area contributed by atoms with Crippen LogP contribution in [-0.2, 0) is 24.2 Å². The highest BCUT2D eigenvalue weighted by molar-refractivity contribution is 5.69. The number of aliphatic carboxylic acids is 1. The first-order chi connectivity index (χ1) is 15.0. The van der Waals surface area contributed by atoms with E-state index in [1.807, 2.05) is 18.2 Å². The molecule has 0 aromatic heterocycles. The Morgan fingerprint density at radius 2 is 1.61 bits per heavy atom. The molecule has 0 radical (unpaired) electrons. The molecule has 162 valence electrons. The highest BCUT2D eigenvalue weighted by Crippen LogP contribution is 2.32. The van der Waals surface area contributed by atoms with Gasteiger partial charge in [0.2, 0.25) is 0 Å². The molecule has 3 rings (SSSR count). The minimum atomic E-state index is -0.900. The van der Waals surface area contributed by atoms with Gasteiger partial charge in [-0.05, 0) is 59.7 Å². The van der Waals surface area contributed by atoms with E-state index in [0.29, 0.717) is 18.0 Å². The Kier molecular flexibility index (Phi) is 7.68. The zero-order valence-electron chi connectivity index (χ0n) is 18.3. The number of methoxy groups -OCH3 is 2. The lowest BCUT2D eigenvalue weighted by Crippen LogP contribution is -2.22. The molecule has 3 aromatic carbocycles. The number of hydrogen-bond donors (Lipinski definition) is 2. The Balaban J connectivity index is 1.80. The number of nitrogens with one attached hydrogen (secondary N) is 1. The molecule has 0 bridgehead atoms. The van der Waals surface area contributed by atoms with Crippen LogP contribution in [0.15, 0.2) is 60.7 Å². The van der Waals surface area contributed by atoms with Gasteiger partial charge in [-0.2, -0.15) is 0 Å². The van der Waals surface area contributed by atoms with E-state index in [2.05, 4.69) is 54.7 Å². The molecule has 0 unspecified atom stereocenters. The molecule has 3 aromatic rings. The van der Waals surface area contributed by atoms with Gasteiger partial charge in [0.15, 0.2) is 0 Å². The summed E-state index contributed by atoms with van der Waals surface area (Å²) in [6.45, 7) is 2.41. The van der Waals surface area contributed by atoms with Crippen molar-refractivity contribution in [3.63, 3.8) is 0 Å². The van der Waals surface area contributed by atoms with E-state index < -0.39 is 5.97 Å². The number of rotatable bonds is 10. The van der Waals surface area contributed by atoms with E-state index in [4.69, 9.17) is 14.6 Å². The summed E-state index contributed by atoms with van der Waals surface area (Å²) in [6.07, 6.45) is 1.74. The van der Waals surface area contributed by atoms with Crippen molar-refractivity contribution < 1.29 is 19.4 Å². The van der Waals surface area contributed by atoms with E-state index in [-0.39, 0.29) is 6.54 Å². The number of carbonyl (C=O) groups is 1. The van der Waals surface area contributed by atoms with Gasteiger partial charge in [0, 0.05) is 12.1 Å². The van der Waals surface area contributed by atoms with Crippen molar-refractivity contribution in [1.82, 2.24) is 5.32 Å². The van der Waals surface area contributed by atoms with E-state index >= 15 is 0 Å². The predicted molar refractivity (Wildman–Crippen MR) is 123 cm³/mol. The highest BCUT2D eigenvalue weighted by atomic mass is 16.5. The second-order valence-electron chi connectivity index (χ2n) is 7.43. The molecule has 0 heterocycles. The summed E-state index contributed by atoms with van der Waals surface area (Å²) in [7, 11) is 3.24. The Morgan fingerprint density at radius 1 is 0.935 bits per heavy atom. The molecule has 0 amide bonds. The molecule has 5 nitrogen and oxygen atoms in total. The summed E-state index contributed by atoms with van der Waals surface area (Å²) in [5.74, 6) is 0.492. The van der Waals surface area contributed by atoms with Crippen molar-refractivity contribution in [2.24, 2.45) is 0 Å². The molecule has 0 aliphatic carbocycles. The van der Waals surface area contributed by atoms with Crippen molar-refractivity contribution >= 4 is 5.97 Å². The fourth-order valence-electron chi connectivity index (χ4n) is 3.82. The Bertz CT molecular complexity index is 1010. The second-order valence-corrected chi connectivity index (χ2v) is 7.43. The van der Waals surface area contributed by atoms with Gasteiger partial charge < -0.3 is 19.9 Å². The molecule has 0 atom stereocenters. The van der Waals surface area contributed by atoms with Crippen LogP contribution < -0.4 is 14.8 Å². The van der Waals surface area contributed by atoms with Crippen LogP contribution >= 0.6 is 0 Å². The molecule has 0 aliphatic heterocycles. The summed E-state index contributed by atoms with van der Waals surface area (Å²) in [6, 6.07) is 20.9. The largest absolute Gasteiger partial charge is 0.496 e. The van der Waals surface area contributed by atoms with Crippen LogP contribution in [-0.4, -0.2) is 31.8 Å². The molecule has 0 aliphatic rings. The third-order valence-electron chi connectivity index (χ3n) is 5.46. The standard InChI is InChI=1S/C26H29NO4/c1-18-20(10-7-11-22(18)21-8-5-4-6-9-21)13-12-19-14-24(30-2)23(25(15-19)31-3)16-27-17-26(28)29/h4-11,14-15,27H,12-13,16-17H2,1-3H3,(H,28,29). The van der Waals surface area contributed by atoms with Crippen LogP contribution in [0.2, 0.25) is 0 Å². The molecule has 5 heteroatoms. The van der Waals surface area contributed by atoms with E-state index in [1.54, 1.807) is 14.2 Å². The topological polar surface area (TPSA) is 67.8 Å². The summed E-state index contributed by atoms with van der Waals surface area (Å²) in [5.41, 5.74) is 7.02. The third kappa shape index (κ3) is 5.64. The fourth-order valence-corrected chi connectivity index (χ4v) is 3.82. The van der Waals surface area contributed by atoms with E-state index in [0.717, 1.165) is 24.0 Å². The Hall–Kier alpha value is -3.31. The number of ether oxygens (including phenoxy) is 2. The number of carboxylic acid groups (broad SMARTS) is 1. The number of benzene rings is 3. The zero-order valence-corrected chi connectivity index (χ0v) is 18.3. The number of hydrogen-bond acceptors (Lipinski definition) is 4. The molecule has 0 fully saturated rings. The minimum Gasteiger partial charge on any atom is -0.496 e. The maximum atomic E-state index is 10.8. The number of aryl methyl sites for hydroxylation is 2. The minimum absolute atomic E-state index is 0.120. The molecule has 0 saturated carbocycles. The van der Waals surface area contributed by atoms with Crippen LogP contribution in [0.5, 0.6) is 11.5 Å². The lowest BCUT2D eigenvalue weighted by Gasteiger charge is -2.16. The smallest absolute Gasteiger partial charge is 0.317 e. The molecule has 2 N–H and O–H groups in total. The average molecular weight is 420 g/mol. The van der Waals surface area contributed by atoms with Crippen molar-refractivity contribution in [3.8, 4) is 22.6 Å². The molecule has 0 saturated heterocycles. The van der Waals surface area contributed by atoms with Crippen LogP contribution in [0.1, 0.15) is 22.3 Å². The fraction of sp³-hybridized carbons (Fsp3) is 0.269. The normalized spacial score (nSPS) is 10.7. The van der Waals surface area contributed by atoms with Gasteiger partial charge in [0.05, 0.1) is 20.8 Å². The van der Waals surface area contributed by atoms with Gasteiger partial charge in [-0.3, -0.25) is 4.79 Å². The van der Waals surface area contributed by atoms with Crippen molar-refractivity contribution in [3.05, 3.63) is 82.9 Å². The first kappa shape index (κ1) is 22.4. The van der Waals surface area contributed by atoms with Gasteiger partial charge in [-0.25, -0.2) is 0 Å². The number of carboxylic acids is 1. The van der Waals surface area contributed by atoms with E-state index in [9.17, 15) is 4.79 Å². The van der Waals surface area contributed by atoms with Gasteiger partial charge in [0.25, 0.3) is 0 Å². The lowest BCUT2D eigenvalue weighted by molar-refractivity contribution is -0.136. The Labute approximate surface area is 183 Å². The summed E-state index contributed by atoms with van der Waals surface area (Å²) in [5, 5.41) is 11.8. The summed E-state index contributed by atoms with van der Waals surface area (Å²) in [4.78, 5) is 10.8. The van der Waals surface area contributed by atoms with Gasteiger partial charge >= 0.3 is 5.97 Å². The lowest BCUT2D eigenvalue weighted by atomic mass is 9.93. The summed E-state index contributed by atoms with van der Waals surface area (Å²) < 4.78 is 11.1. The average Bonchev–Trinajstić information content (AvgIpc) is 2.79. The van der Waals surface area contributed by atoms with Crippen LogP contribution in [0.25, 0.3) is 11.1 Å². The van der Waals surface area contributed by atoms with Crippen LogP contribution in [0, 0.1) is 6.92 Å². The quantitative estimate of drug-likeness (QED) is 0.501. The predicted octanol–water partition coefficient (Wildman–Crippen LogP) is 4.64. The van der Waals surface area contributed by atoms with Crippen molar-refractivity contribution in [1.29, 1.82) is 0 Å². The third-order valence-corrected chi connectivity index (χ3v) is 5.46. The molecule has 0 spiro atoms. The van der Waals surface area contributed by atoms with Crippen LogP contribution in [0.3, 0.4) is 0 Å². The van der Waals surface area contributed by atoms with Gasteiger partial charge in [-0.15, -0.1) is 0 Å². The van der Waals surface area contributed by atoms with Crippen LogP contribution in [0.4, 0.5) is 0 Å². The SMILES string of the molecule is COc1cc(CCc2cccc(-c3ccccc3)c2C)cc(OC)c1CNCC(=O)O. The maximum Gasteiger partial charge on any atom is 0.317 e. The molecular formula is C26H29NO4. The second kappa shape index (κ2) is 10.6. The molecular weight excluding hydrogens is 390 g/mol. The summed E-state index contributed by atoms with van der Waals surface area (Å²) >= 11 is 0. The van der Waals surface area contributed by atoms with Gasteiger partial charge in [-0.1, -0.05) is 48.5 Å². The van der Waals surface area contributed by atoms with Crippen molar-refractivity contribution in [2.75, 3.05) is 20.8 Å². The first-order valence-corrected chi connectivity index (χ1v) is 10.3. The maximum absolute atomic E-state index is 10.8. The van der Waals surface area contributed by atoms with Gasteiger partial charge in [0.1, 0.15) is 11.5 Å².